The van der Waals surface area contributed by atoms with Crippen molar-refractivity contribution in [2.24, 2.45) is 5.92 Å². The van der Waals surface area contributed by atoms with Crippen LogP contribution in [0.3, 0.4) is 0 Å². The van der Waals surface area contributed by atoms with Crippen LogP contribution in [0.5, 0.6) is 0 Å². The van der Waals surface area contributed by atoms with Crippen LogP contribution in [0.25, 0.3) is 0 Å². The summed E-state index contributed by atoms with van der Waals surface area (Å²) in [6, 6.07) is 7.71. The zero-order valence-electron chi connectivity index (χ0n) is 12.5. The molecular formula is C16H20N6. The number of pyridine rings is 1. The Labute approximate surface area is 130 Å². The Balaban J connectivity index is 1.44. The number of nitriles is 1. The second kappa shape index (κ2) is 7.05. The summed E-state index contributed by atoms with van der Waals surface area (Å²) in [5, 5.41) is 16.6. The average Bonchev–Trinajstić information content (AvgIpc) is 3.22. The van der Waals surface area contributed by atoms with Crippen LogP contribution in [-0.4, -0.2) is 45.8 Å². The molecule has 0 amide bonds. The van der Waals surface area contributed by atoms with Crippen molar-refractivity contribution in [3.05, 3.63) is 42.4 Å². The minimum Gasteiger partial charge on any atom is -0.369 e. The van der Waals surface area contributed by atoms with E-state index in [9.17, 15) is 0 Å². The molecule has 2 aromatic rings. The number of aromatic nitrogens is 3. The van der Waals surface area contributed by atoms with Crippen LogP contribution in [0.1, 0.15) is 12.0 Å². The van der Waals surface area contributed by atoms with E-state index in [0.29, 0.717) is 17.3 Å². The number of anilines is 1. The summed E-state index contributed by atoms with van der Waals surface area (Å²) >= 11 is 0. The maximum Gasteiger partial charge on any atom is 0.143 e. The van der Waals surface area contributed by atoms with Gasteiger partial charge in [-0.25, -0.2) is 4.98 Å². The van der Waals surface area contributed by atoms with E-state index in [1.807, 2.05) is 23.1 Å². The lowest BCUT2D eigenvalue weighted by Gasteiger charge is -2.16. The molecule has 0 unspecified atom stereocenters. The second-order valence-corrected chi connectivity index (χ2v) is 5.62. The number of rotatable bonds is 6. The number of hydrogen-bond donors (Lipinski definition) is 1. The minimum absolute atomic E-state index is 0.603. The van der Waals surface area contributed by atoms with Crippen LogP contribution in [0, 0.1) is 17.2 Å². The van der Waals surface area contributed by atoms with E-state index in [1.54, 1.807) is 18.3 Å². The van der Waals surface area contributed by atoms with Gasteiger partial charge in [-0.3, -0.25) is 4.68 Å². The van der Waals surface area contributed by atoms with Crippen LogP contribution in [-0.2, 0) is 6.54 Å². The molecule has 1 saturated heterocycles. The third-order valence-corrected chi connectivity index (χ3v) is 4.06. The number of hydrogen-bond acceptors (Lipinski definition) is 5. The van der Waals surface area contributed by atoms with Crippen molar-refractivity contribution in [1.82, 2.24) is 19.7 Å². The summed E-state index contributed by atoms with van der Waals surface area (Å²) in [5.41, 5.74) is 0.607. The van der Waals surface area contributed by atoms with E-state index < -0.39 is 0 Å². The van der Waals surface area contributed by atoms with Crippen LogP contribution in [0.15, 0.2) is 36.8 Å². The molecular weight excluding hydrogens is 276 g/mol. The Morgan fingerprint density at radius 1 is 1.32 bits per heavy atom. The van der Waals surface area contributed by atoms with Crippen molar-refractivity contribution in [3.63, 3.8) is 0 Å². The van der Waals surface area contributed by atoms with E-state index in [2.05, 4.69) is 26.4 Å². The molecule has 22 heavy (non-hydrogen) atoms. The van der Waals surface area contributed by atoms with Gasteiger partial charge in [0.2, 0.25) is 0 Å². The summed E-state index contributed by atoms with van der Waals surface area (Å²) in [5.74, 6) is 1.30. The molecule has 1 atom stereocenters. The van der Waals surface area contributed by atoms with Crippen LogP contribution in [0.4, 0.5) is 5.82 Å². The van der Waals surface area contributed by atoms with Gasteiger partial charge in [0, 0.05) is 38.2 Å². The third-order valence-electron chi connectivity index (χ3n) is 4.06. The highest BCUT2D eigenvalue weighted by Crippen LogP contribution is 2.18. The number of nitrogens with zero attached hydrogens (tertiary/aromatic N) is 5. The Morgan fingerprint density at radius 2 is 2.27 bits per heavy atom. The van der Waals surface area contributed by atoms with E-state index >= 15 is 0 Å². The summed E-state index contributed by atoms with van der Waals surface area (Å²) in [4.78, 5) is 6.71. The van der Waals surface area contributed by atoms with E-state index in [0.717, 1.165) is 32.7 Å². The molecule has 6 nitrogen and oxygen atoms in total. The van der Waals surface area contributed by atoms with Crippen molar-refractivity contribution in [2.45, 2.75) is 13.0 Å². The molecule has 3 heterocycles. The van der Waals surface area contributed by atoms with Crippen LogP contribution >= 0.6 is 0 Å². The fourth-order valence-electron chi connectivity index (χ4n) is 2.84. The smallest absolute Gasteiger partial charge is 0.143 e. The standard InChI is InChI=1S/C16H20N6/c17-11-15-3-1-5-18-16(15)19-12-14-4-8-21(13-14)9-10-22-7-2-6-20-22/h1-3,5-7,14H,4,8-10,12-13H2,(H,18,19)/t14-/m1/s1. The Kier molecular flexibility index (Phi) is 4.66. The molecule has 114 valence electrons. The van der Waals surface area contributed by atoms with Crippen molar-refractivity contribution in [1.29, 1.82) is 5.26 Å². The zero-order valence-corrected chi connectivity index (χ0v) is 12.5. The van der Waals surface area contributed by atoms with Gasteiger partial charge < -0.3 is 10.2 Å². The maximum atomic E-state index is 9.07. The van der Waals surface area contributed by atoms with Gasteiger partial charge in [0.25, 0.3) is 0 Å². The Morgan fingerprint density at radius 3 is 3.09 bits per heavy atom. The predicted octanol–water partition coefficient (Wildman–Crippen LogP) is 1.58. The van der Waals surface area contributed by atoms with Crippen molar-refractivity contribution < 1.29 is 0 Å². The number of nitrogens with one attached hydrogen (secondary N) is 1. The van der Waals surface area contributed by atoms with Gasteiger partial charge in [-0.15, -0.1) is 0 Å². The normalized spacial score (nSPS) is 18.2. The predicted molar refractivity (Wildman–Crippen MR) is 84.2 cm³/mol. The van der Waals surface area contributed by atoms with Gasteiger partial charge in [-0.2, -0.15) is 10.4 Å². The molecule has 0 spiro atoms. The first-order valence-corrected chi connectivity index (χ1v) is 7.64. The van der Waals surface area contributed by atoms with Crippen molar-refractivity contribution >= 4 is 5.82 Å². The SMILES string of the molecule is N#Cc1cccnc1NC[C@H]1CCN(CCn2cccn2)C1. The first-order valence-electron chi connectivity index (χ1n) is 7.64. The van der Waals surface area contributed by atoms with Gasteiger partial charge in [0.1, 0.15) is 11.9 Å². The number of likely N-dealkylation sites (tertiary alicyclic amines) is 1. The molecule has 0 aromatic carbocycles. The zero-order chi connectivity index (χ0) is 15.2. The molecule has 0 aliphatic carbocycles. The molecule has 0 radical (unpaired) electrons. The molecule has 2 aromatic heterocycles. The topological polar surface area (TPSA) is 69.8 Å². The highest BCUT2D eigenvalue weighted by molar-refractivity contribution is 5.51. The monoisotopic (exact) mass is 296 g/mol. The van der Waals surface area contributed by atoms with Crippen molar-refractivity contribution in [3.8, 4) is 6.07 Å². The summed E-state index contributed by atoms with van der Waals surface area (Å²) in [6.45, 7) is 5.05. The highest BCUT2D eigenvalue weighted by Gasteiger charge is 2.22. The van der Waals surface area contributed by atoms with Gasteiger partial charge in [0.15, 0.2) is 0 Å². The largest absolute Gasteiger partial charge is 0.369 e. The van der Waals surface area contributed by atoms with Gasteiger partial charge in [-0.1, -0.05) is 0 Å². The van der Waals surface area contributed by atoms with Crippen molar-refractivity contribution in [2.75, 3.05) is 31.5 Å². The Hall–Kier alpha value is -2.39. The lowest BCUT2D eigenvalue weighted by Crippen LogP contribution is -2.27. The molecule has 0 bridgehead atoms. The molecule has 1 fully saturated rings. The van der Waals surface area contributed by atoms with E-state index in [1.165, 1.54) is 6.42 Å². The highest BCUT2D eigenvalue weighted by atomic mass is 15.3. The van der Waals surface area contributed by atoms with E-state index in [-0.39, 0.29) is 0 Å². The van der Waals surface area contributed by atoms with E-state index in [4.69, 9.17) is 5.26 Å². The lowest BCUT2D eigenvalue weighted by atomic mass is 10.1. The average molecular weight is 296 g/mol. The molecule has 0 saturated carbocycles. The van der Waals surface area contributed by atoms with Gasteiger partial charge in [-0.05, 0) is 37.1 Å². The van der Waals surface area contributed by atoms with Gasteiger partial charge >= 0.3 is 0 Å². The lowest BCUT2D eigenvalue weighted by molar-refractivity contribution is 0.305. The second-order valence-electron chi connectivity index (χ2n) is 5.62. The fraction of sp³-hybridized carbons (Fsp3) is 0.438. The molecule has 1 N–H and O–H groups in total. The first kappa shape index (κ1) is 14.5. The molecule has 3 rings (SSSR count). The quantitative estimate of drug-likeness (QED) is 0.876. The van der Waals surface area contributed by atoms with Gasteiger partial charge in [0.05, 0.1) is 12.1 Å². The van der Waals surface area contributed by atoms with Crippen LogP contribution in [0.2, 0.25) is 0 Å². The molecule has 1 aliphatic heterocycles. The molecule has 1 aliphatic rings. The van der Waals surface area contributed by atoms with Crippen LogP contribution < -0.4 is 5.32 Å². The Bertz CT molecular complexity index is 630. The minimum atomic E-state index is 0.603. The summed E-state index contributed by atoms with van der Waals surface area (Å²) in [6.07, 6.45) is 6.71. The first-order chi connectivity index (χ1) is 10.8. The third kappa shape index (κ3) is 3.62. The maximum absolute atomic E-state index is 9.07. The summed E-state index contributed by atoms with van der Waals surface area (Å²) in [7, 11) is 0. The fourth-order valence-corrected chi connectivity index (χ4v) is 2.84. The summed E-state index contributed by atoms with van der Waals surface area (Å²) < 4.78 is 1.97. The molecule has 6 heteroatoms.